The van der Waals surface area contributed by atoms with Crippen molar-refractivity contribution in [2.24, 2.45) is 0 Å². The fourth-order valence-corrected chi connectivity index (χ4v) is 4.36. The summed E-state index contributed by atoms with van der Waals surface area (Å²) in [5.41, 5.74) is 0.776. The summed E-state index contributed by atoms with van der Waals surface area (Å²) in [4.78, 5) is 0. The molecule has 0 aliphatic carbocycles. The molecule has 28 heavy (non-hydrogen) atoms. The summed E-state index contributed by atoms with van der Waals surface area (Å²) in [6.07, 6.45) is 18.1. The maximum absolute atomic E-state index is 11.9. The molecule has 0 aliphatic rings. The van der Waals surface area contributed by atoms with Crippen molar-refractivity contribution in [3.63, 3.8) is 0 Å². The van der Waals surface area contributed by atoms with Crippen molar-refractivity contribution < 1.29 is 15.5 Å². The molecule has 5 heteroatoms. The zero-order chi connectivity index (χ0) is 19.6. The molecule has 0 aliphatic heterocycles. The summed E-state index contributed by atoms with van der Waals surface area (Å²) in [5, 5.41) is 0. The van der Waals surface area contributed by atoms with Gasteiger partial charge in [-0.15, -0.1) is 0 Å². The normalized spacial score (nSPS) is 11.3. The first-order valence-corrected chi connectivity index (χ1v) is 12.6. The molecule has 0 saturated heterocycles. The Balaban J connectivity index is -0.00000243. The average molecular weight is 536 g/mol. The van der Waals surface area contributed by atoms with Gasteiger partial charge in [-0.25, -0.2) is 0 Å². The molecule has 0 N–H and O–H groups in total. The third kappa shape index (κ3) is 17.6. The second kappa shape index (κ2) is 19.7. The SMILES string of the molecule is CCCCCCCCCCCCCCCCOS(=O)(=O)Cc1ccccc1.[Ba+2].[H-].[H-]. The Hall–Kier alpha value is 0.701. The van der Waals surface area contributed by atoms with Crippen LogP contribution < -0.4 is 0 Å². The fraction of sp³-hybridized carbons (Fsp3) is 0.739. The molecule has 0 fully saturated rings. The number of unbranched alkanes of at least 4 members (excludes halogenated alkanes) is 13. The Morgan fingerprint density at radius 1 is 0.714 bits per heavy atom. The molecule has 0 radical (unpaired) electrons. The molecule has 0 bridgehead atoms. The van der Waals surface area contributed by atoms with Crippen LogP contribution >= 0.6 is 0 Å². The van der Waals surface area contributed by atoms with Gasteiger partial charge in [0.2, 0.25) is 0 Å². The monoisotopic (exact) mass is 536 g/mol. The van der Waals surface area contributed by atoms with Crippen LogP contribution in [0.3, 0.4) is 0 Å². The maximum Gasteiger partial charge on any atom is 2.00 e. The summed E-state index contributed by atoms with van der Waals surface area (Å²) in [6.45, 7) is 2.58. The van der Waals surface area contributed by atoms with Gasteiger partial charge in [0, 0.05) is 0 Å². The van der Waals surface area contributed by atoms with E-state index in [0.29, 0.717) is 6.61 Å². The van der Waals surface area contributed by atoms with Gasteiger partial charge >= 0.3 is 48.9 Å². The number of benzene rings is 1. The van der Waals surface area contributed by atoms with E-state index >= 15 is 0 Å². The van der Waals surface area contributed by atoms with E-state index in [-0.39, 0.29) is 57.5 Å². The predicted octanol–water partition coefficient (Wildman–Crippen LogP) is 6.86. The van der Waals surface area contributed by atoms with E-state index in [1.807, 2.05) is 30.3 Å². The largest absolute Gasteiger partial charge is 2.00 e. The van der Waals surface area contributed by atoms with Crippen molar-refractivity contribution in [3.8, 4) is 0 Å². The second-order valence-electron chi connectivity index (χ2n) is 7.61. The van der Waals surface area contributed by atoms with E-state index in [4.69, 9.17) is 4.18 Å². The molecule has 0 amide bonds. The minimum Gasteiger partial charge on any atom is -1.00 e. The van der Waals surface area contributed by atoms with E-state index in [1.54, 1.807) is 0 Å². The summed E-state index contributed by atoms with van der Waals surface area (Å²) >= 11 is 0. The molecule has 1 aromatic carbocycles. The quantitative estimate of drug-likeness (QED) is 0.117. The van der Waals surface area contributed by atoms with E-state index in [9.17, 15) is 8.42 Å². The number of rotatable bonds is 18. The Kier molecular flexibility index (Phi) is 20.1. The third-order valence-corrected chi connectivity index (χ3v) is 6.16. The molecule has 3 nitrogen and oxygen atoms in total. The van der Waals surface area contributed by atoms with Gasteiger partial charge in [0.25, 0.3) is 10.1 Å². The fourth-order valence-electron chi connectivity index (χ4n) is 3.30. The van der Waals surface area contributed by atoms with Crippen molar-refractivity contribution in [2.75, 3.05) is 6.61 Å². The van der Waals surface area contributed by atoms with E-state index in [2.05, 4.69) is 6.92 Å². The first-order valence-electron chi connectivity index (χ1n) is 11.0. The Labute approximate surface area is 217 Å². The van der Waals surface area contributed by atoms with Gasteiger partial charge in [-0.3, -0.25) is 4.18 Å². The molecule has 0 unspecified atom stereocenters. The van der Waals surface area contributed by atoms with Crippen LogP contribution in [0.2, 0.25) is 0 Å². The van der Waals surface area contributed by atoms with Gasteiger partial charge in [-0.2, -0.15) is 8.42 Å². The molecule has 1 rings (SSSR count). The Morgan fingerprint density at radius 2 is 1.14 bits per heavy atom. The predicted molar refractivity (Wildman–Crippen MR) is 123 cm³/mol. The van der Waals surface area contributed by atoms with Crippen LogP contribution in [0.15, 0.2) is 30.3 Å². The summed E-state index contributed by atoms with van der Waals surface area (Å²) in [6, 6.07) is 9.20. The van der Waals surface area contributed by atoms with Crippen molar-refractivity contribution in [2.45, 2.75) is 103 Å². The van der Waals surface area contributed by atoms with Crippen LogP contribution in [0, 0.1) is 0 Å². The molecular formula is C23H42BaO3S. The molecule has 160 valence electrons. The Bertz CT molecular complexity index is 557. The van der Waals surface area contributed by atoms with Crippen molar-refractivity contribution in [3.05, 3.63) is 35.9 Å². The number of hydrogen-bond donors (Lipinski definition) is 0. The summed E-state index contributed by atoms with van der Waals surface area (Å²) in [7, 11) is -3.45. The molecule has 0 saturated carbocycles. The zero-order valence-corrected chi connectivity index (χ0v) is 23.3. The zero-order valence-electron chi connectivity index (χ0n) is 20.0. The topological polar surface area (TPSA) is 43.4 Å². The third-order valence-electron chi connectivity index (χ3n) is 4.95. The van der Waals surface area contributed by atoms with Gasteiger partial charge in [0.15, 0.2) is 0 Å². The summed E-state index contributed by atoms with van der Waals surface area (Å²) < 4.78 is 28.9. The van der Waals surface area contributed by atoms with Crippen molar-refractivity contribution in [1.29, 1.82) is 0 Å². The van der Waals surface area contributed by atoms with Crippen LogP contribution in [0.1, 0.15) is 105 Å². The Morgan fingerprint density at radius 3 is 1.61 bits per heavy atom. The van der Waals surface area contributed by atoms with Crippen LogP contribution in [-0.2, 0) is 20.1 Å². The molecule has 0 atom stereocenters. The van der Waals surface area contributed by atoms with Gasteiger partial charge < -0.3 is 2.85 Å². The van der Waals surface area contributed by atoms with Gasteiger partial charge in [0.05, 0.1) is 6.61 Å². The molecule has 0 spiro atoms. The minimum atomic E-state index is -3.45. The number of hydrogen-bond acceptors (Lipinski definition) is 3. The summed E-state index contributed by atoms with van der Waals surface area (Å²) in [5.74, 6) is -0.0353. The first kappa shape index (κ1) is 28.7. The van der Waals surface area contributed by atoms with Gasteiger partial charge in [0.1, 0.15) is 5.75 Å². The second-order valence-corrected chi connectivity index (χ2v) is 9.25. The van der Waals surface area contributed by atoms with Crippen LogP contribution in [0.4, 0.5) is 0 Å². The van der Waals surface area contributed by atoms with E-state index < -0.39 is 10.1 Å². The van der Waals surface area contributed by atoms with E-state index in [1.165, 1.54) is 77.0 Å². The molecule has 0 aromatic heterocycles. The van der Waals surface area contributed by atoms with Gasteiger partial charge in [-0.05, 0) is 12.0 Å². The molecule has 0 heterocycles. The van der Waals surface area contributed by atoms with Crippen molar-refractivity contribution in [1.82, 2.24) is 0 Å². The van der Waals surface area contributed by atoms with Crippen LogP contribution in [0.5, 0.6) is 0 Å². The van der Waals surface area contributed by atoms with Crippen LogP contribution in [-0.4, -0.2) is 63.9 Å². The minimum absolute atomic E-state index is 0. The average Bonchev–Trinajstić information content (AvgIpc) is 2.65. The van der Waals surface area contributed by atoms with Crippen molar-refractivity contribution >= 4 is 59.0 Å². The first-order chi connectivity index (χ1) is 13.1. The van der Waals surface area contributed by atoms with Crippen LogP contribution in [0.25, 0.3) is 0 Å². The van der Waals surface area contributed by atoms with E-state index in [0.717, 1.165) is 18.4 Å². The molecule has 1 aromatic rings. The van der Waals surface area contributed by atoms with Gasteiger partial charge in [-0.1, -0.05) is 121 Å². The standard InChI is InChI=1S/C23H40O3S.Ba.2H/c1-2-3-4-5-6-7-8-9-10-11-12-13-14-18-21-26-27(24,25)22-23-19-16-15-17-20-23;;;/h15-17,19-20H,2-14,18,21-22H2,1H3;;;/q;+2;2*-1. The maximum atomic E-state index is 11.9. The smallest absolute Gasteiger partial charge is 1.00 e. The molecular weight excluding hydrogens is 494 g/mol.